The summed E-state index contributed by atoms with van der Waals surface area (Å²) in [5.74, 6) is 0. The third kappa shape index (κ3) is 2.84. The van der Waals surface area contributed by atoms with Gasteiger partial charge in [0.1, 0.15) is 0 Å². The minimum atomic E-state index is -3.13. The van der Waals surface area contributed by atoms with Crippen LogP contribution < -0.4 is 5.73 Å². The molecule has 0 aromatic heterocycles. The summed E-state index contributed by atoms with van der Waals surface area (Å²) in [5.41, 5.74) is 8.39. The fraction of sp³-hybridized carbons (Fsp3) is 0.600. The molecule has 0 amide bonds. The highest BCUT2D eigenvalue weighted by molar-refractivity contribution is 7.90. The second-order valence-electron chi connectivity index (χ2n) is 5.79. The molecular weight excluding hydrogens is 258 g/mol. The normalized spacial score (nSPS) is 19.3. The van der Waals surface area contributed by atoms with Crippen molar-refractivity contribution in [2.24, 2.45) is 5.73 Å². The third-order valence-electron chi connectivity index (χ3n) is 4.40. The van der Waals surface area contributed by atoms with Crippen LogP contribution in [-0.4, -0.2) is 21.2 Å². The molecule has 1 fully saturated rings. The highest BCUT2D eigenvalue weighted by atomic mass is 32.2. The zero-order chi connectivity index (χ0) is 14.1. The number of hydrogen-bond acceptors (Lipinski definition) is 3. The van der Waals surface area contributed by atoms with Crippen molar-refractivity contribution in [3.63, 3.8) is 0 Å². The fourth-order valence-corrected chi connectivity index (χ4v) is 3.98. The molecule has 0 radical (unpaired) electrons. The van der Waals surface area contributed by atoms with Gasteiger partial charge in [-0.2, -0.15) is 0 Å². The van der Waals surface area contributed by atoms with Gasteiger partial charge < -0.3 is 5.73 Å². The molecule has 1 aliphatic carbocycles. The summed E-state index contributed by atoms with van der Waals surface area (Å²) in [4.78, 5) is 0.400. The Bertz CT molecular complexity index is 558. The molecule has 0 heterocycles. The van der Waals surface area contributed by atoms with Crippen molar-refractivity contribution in [2.75, 3.05) is 12.8 Å². The van der Waals surface area contributed by atoms with Gasteiger partial charge in [-0.15, -0.1) is 0 Å². The lowest BCUT2D eigenvalue weighted by Crippen LogP contribution is -2.37. The zero-order valence-electron chi connectivity index (χ0n) is 11.8. The van der Waals surface area contributed by atoms with Crippen molar-refractivity contribution >= 4 is 9.84 Å². The summed E-state index contributed by atoms with van der Waals surface area (Å²) in [6.45, 7) is 2.64. The number of rotatable bonds is 3. The van der Waals surface area contributed by atoms with Gasteiger partial charge in [0.05, 0.1) is 4.90 Å². The second-order valence-corrected chi connectivity index (χ2v) is 7.81. The molecule has 3 nitrogen and oxygen atoms in total. The number of benzene rings is 1. The maximum absolute atomic E-state index is 11.6. The van der Waals surface area contributed by atoms with Gasteiger partial charge in [-0.25, -0.2) is 8.42 Å². The molecule has 2 N–H and O–H groups in total. The highest BCUT2D eigenvalue weighted by Gasteiger charge is 2.33. The summed E-state index contributed by atoms with van der Waals surface area (Å²) >= 11 is 0. The Kier molecular flexibility index (Phi) is 4.02. The molecule has 2 rings (SSSR count). The molecule has 1 aromatic carbocycles. The lowest BCUT2D eigenvalue weighted by molar-refractivity contribution is 0.299. The quantitative estimate of drug-likeness (QED) is 0.926. The van der Waals surface area contributed by atoms with E-state index < -0.39 is 9.84 Å². The molecular formula is C15H23NO2S. The van der Waals surface area contributed by atoms with E-state index in [2.05, 4.69) is 0 Å². The molecule has 0 saturated heterocycles. The summed E-state index contributed by atoms with van der Waals surface area (Å²) in [6, 6.07) is 5.49. The van der Waals surface area contributed by atoms with Gasteiger partial charge in [-0.05, 0) is 43.0 Å². The molecule has 1 saturated carbocycles. The van der Waals surface area contributed by atoms with E-state index >= 15 is 0 Å². The van der Waals surface area contributed by atoms with Gasteiger partial charge in [-0.1, -0.05) is 25.3 Å². The van der Waals surface area contributed by atoms with E-state index in [1.807, 2.05) is 13.0 Å². The first kappa shape index (κ1) is 14.5. The Morgan fingerprint density at radius 2 is 1.84 bits per heavy atom. The van der Waals surface area contributed by atoms with E-state index in [4.69, 9.17) is 5.73 Å². The van der Waals surface area contributed by atoms with Gasteiger partial charge >= 0.3 is 0 Å². The van der Waals surface area contributed by atoms with Gasteiger partial charge in [0.15, 0.2) is 9.84 Å². The molecule has 0 aliphatic heterocycles. The number of hydrogen-bond donors (Lipinski definition) is 1. The van der Waals surface area contributed by atoms with Crippen LogP contribution in [0.4, 0.5) is 0 Å². The number of sulfone groups is 1. The van der Waals surface area contributed by atoms with Crippen LogP contribution in [0.15, 0.2) is 23.1 Å². The minimum Gasteiger partial charge on any atom is -0.330 e. The van der Waals surface area contributed by atoms with Crippen LogP contribution in [0.5, 0.6) is 0 Å². The smallest absolute Gasteiger partial charge is 0.175 e. The van der Waals surface area contributed by atoms with Crippen molar-refractivity contribution in [1.29, 1.82) is 0 Å². The van der Waals surface area contributed by atoms with Crippen LogP contribution in [0.1, 0.15) is 43.2 Å². The van der Waals surface area contributed by atoms with E-state index in [1.165, 1.54) is 31.1 Å². The molecule has 0 bridgehead atoms. The fourth-order valence-electron chi connectivity index (χ4n) is 3.27. The predicted octanol–water partition coefficient (Wildman–Crippen LogP) is 2.56. The van der Waals surface area contributed by atoms with Crippen LogP contribution in [0, 0.1) is 6.92 Å². The standard InChI is InChI=1S/C15H23NO2S/c1-12-10-13(19(2,17)18)6-7-14(12)15(11-16)8-4-3-5-9-15/h6-7,10H,3-5,8-9,11,16H2,1-2H3. The van der Waals surface area contributed by atoms with Crippen molar-refractivity contribution in [1.82, 2.24) is 0 Å². The Morgan fingerprint density at radius 1 is 1.21 bits per heavy atom. The maximum Gasteiger partial charge on any atom is 0.175 e. The summed E-state index contributed by atoms with van der Waals surface area (Å²) in [7, 11) is -3.13. The topological polar surface area (TPSA) is 60.2 Å². The van der Waals surface area contributed by atoms with E-state index in [-0.39, 0.29) is 5.41 Å². The third-order valence-corrected chi connectivity index (χ3v) is 5.51. The van der Waals surface area contributed by atoms with Gasteiger partial charge in [0.2, 0.25) is 0 Å². The van der Waals surface area contributed by atoms with Crippen molar-refractivity contribution in [3.8, 4) is 0 Å². The highest BCUT2D eigenvalue weighted by Crippen LogP contribution is 2.40. The summed E-state index contributed by atoms with van der Waals surface area (Å²) < 4.78 is 23.2. The maximum atomic E-state index is 11.6. The molecule has 1 aliphatic rings. The van der Waals surface area contributed by atoms with E-state index in [0.717, 1.165) is 18.4 Å². The Balaban J connectivity index is 2.45. The van der Waals surface area contributed by atoms with Crippen LogP contribution in [0.25, 0.3) is 0 Å². The zero-order valence-corrected chi connectivity index (χ0v) is 12.6. The van der Waals surface area contributed by atoms with Gasteiger partial charge in [0.25, 0.3) is 0 Å². The molecule has 0 unspecified atom stereocenters. The molecule has 0 spiro atoms. The van der Waals surface area contributed by atoms with Gasteiger partial charge in [0, 0.05) is 18.2 Å². The van der Waals surface area contributed by atoms with Crippen molar-refractivity contribution in [3.05, 3.63) is 29.3 Å². The van der Waals surface area contributed by atoms with Gasteiger partial charge in [-0.3, -0.25) is 0 Å². The van der Waals surface area contributed by atoms with Crippen LogP contribution in [0.2, 0.25) is 0 Å². The Labute approximate surface area is 116 Å². The summed E-state index contributed by atoms with van der Waals surface area (Å²) in [6.07, 6.45) is 7.18. The lowest BCUT2D eigenvalue weighted by Gasteiger charge is -2.38. The summed E-state index contributed by atoms with van der Waals surface area (Å²) in [5, 5.41) is 0. The molecule has 1 aromatic rings. The lowest BCUT2D eigenvalue weighted by atomic mass is 9.68. The first-order valence-electron chi connectivity index (χ1n) is 6.90. The largest absolute Gasteiger partial charge is 0.330 e. The SMILES string of the molecule is Cc1cc(S(C)(=O)=O)ccc1C1(CN)CCCCC1. The Morgan fingerprint density at radius 3 is 2.32 bits per heavy atom. The first-order valence-corrected chi connectivity index (χ1v) is 8.79. The second kappa shape index (κ2) is 5.25. The minimum absolute atomic E-state index is 0.0539. The number of aryl methyl sites for hydroxylation is 1. The molecule has 106 valence electrons. The molecule has 4 heteroatoms. The predicted molar refractivity (Wildman–Crippen MR) is 78.1 cm³/mol. The molecule has 19 heavy (non-hydrogen) atoms. The molecule has 0 atom stereocenters. The van der Waals surface area contributed by atoms with Crippen molar-refractivity contribution < 1.29 is 8.42 Å². The van der Waals surface area contributed by atoms with E-state index in [0.29, 0.717) is 11.4 Å². The van der Waals surface area contributed by atoms with Crippen molar-refractivity contribution in [2.45, 2.75) is 49.3 Å². The average molecular weight is 281 g/mol. The van der Waals surface area contributed by atoms with E-state index in [9.17, 15) is 8.42 Å². The average Bonchev–Trinajstić information content (AvgIpc) is 2.38. The van der Waals surface area contributed by atoms with Crippen LogP contribution in [0.3, 0.4) is 0 Å². The first-order chi connectivity index (χ1) is 8.89. The Hall–Kier alpha value is -0.870. The van der Waals surface area contributed by atoms with E-state index in [1.54, 1.807) is 12.1 Å². The number of nitrogens with two attached hydrogens (primary N) is 1. The van der Waals surface area contributed by atoms with Crippen LogP contribution >= 0.6 is 0 Å². The monoisotopic (exact) mass is 281 g/mol. The van der Waals surface area contributed by atoms with Crippen LogP contribution in [-0.2, 0) is 15.3 Å².